The van der Waals surface area contributed by atoms with Crippen LogP contribution in [0.25, 0.3) is 0 Å². The number of rotatable bonds is 4. The van der Waals surface area contributed by atoms with Gasteiger partial charge in [-0.3, -0.25) is 13.9 Å². The highest BCUT2D eigenvalue weighted by Crippen LogP contribution is 2.22. The monoisotopic (exact) mass is 318 g/mol. The second-order valence-electron chi connectivity index (χ2n) is 6.37. The summed E-state index contributed by atoms with van der Waals surface area (Å²) >= 11 is 0. The van der Waals surface area contributed by atoms with Gasteiger partial charge in [-0.1, -0.05) is 30.4 Å². The fourth-order valence-corrected chi connectivity index (χ4v) is 2.41. The summed E-state index contributed by atoms with van der Waals surface area (Å²) in [7, 11) is 0. The molecule has 1 unspecified atom stereocenters. The van der Waals surface area contributed by atoms with Crippen LogP contribution in [0.15, 0.2) is 51.6 Å². The SMILES string of the molecule is CC=CC=C(C=CC)C(C)n1c(O)cc(=O)n(C(C)(C)C)c1=O. The summed E-state index contributed by atoms with van der Waals surface area (Å²) in [6, 6.07) is 0.677. The van der Waals surface area contributed by atoms with Gasteiger partial charge in [-0.05, 0) is 47.1 Å². The van der Waals surface area contributed by atoms with Gasteiger partial charge in [-0.2, -0.15) is 0 Å². The third-order valence-corrected chi connectivity index (χ3v) is 3.50. The molecule has 1 N–H and O–H groups in total. The molecule has 5 heteroatoms. The maximum atomic E-state index is 12.8. The molecule has 0 spiro atoms. The van der Waals surface area contributed by atoms with Gasteiger partial charge in [0.1, 0.15) is 0 Å². The van der Waals surface area contributed by atoms with Crippen LogP contribution in [0.4, 0.5) is 0 Å². The van der Waals surface area contributed by atoms with Crippen LogP contribution in [0.2, 0.25) is 0 Å². The van der Waals surface area contributed by atoms with Gasteiger partial charge in [-0.25, -0.2) is 4.79 Å². The molecule has 1 aromatic rings. The predicted molar refractivity (Wildman–Crippen MR) is 94.0 cm³/mol. The molecule has 1 heterocycles. The number of aromatic nitrogens is 2. The molecule has 0 aliphatic carbocycles. The highest BCUT2D eigenvalue weighted by molar-refractivity contribution is 5.28. The molecule has 1 aromatic heterocycles. The average molecular weight is 318 g/mol. The summed E-state index contributed by atoms with van der Waals surface area (Å²) in [6.45, 7) is 10.9. The lowest BCUT2D eigenvalue weighted by atomic mass is 10.1. The fourth-order valence-electron chi connectivity index (χ4n) is 2.41. The number of hydrogen-bond acceptors (Lipinski definition) is 3. The molecule has 0 amide bonds. The van der Waals surface area contributed by atoms with Crippen molar-refractivity contribution in [2.75, 3.05) is 0 Å². The van der Waals surface area contributed by atoms with E-state index in [4.69, 9.17) is 0 Å². The van der Waals surface area contributed by atoms with Gasteiger partial charge < -0.3 is 5.11 Å². The maximum Gasteiger partial charge on any atom is 0.334 e. The third-order valence-electron chi connectivity index (χ3n) is 3.50. The van der Waals surface area contributed by atoms with Gasteiger partial charge >= 0.3 is 5.69 Å². The van der Waals surface area contributed by atoms with E-state index in [1.165, 1.54) is 4.57 Å². The lowest BCUT2D eigenvalue weighted by Gasteiger charge is -2.25. The molecule has 0 radical (unpaired) electrons. The highest BCUT2D eigenvalue weighted by atomic mass is 16.3. The molecule has 0 bridgehead atoms. The van der Waals surface area contributed by atoms with Crippen LogP contribution >= 0.6 is 0 Å². The smallest absolute Gasteiger partial charge is 0.334 e. The maximum absolute atomic E-state index is 12.8. The van der Waals surface area contributed by atoms with Crippen molar-refractivity contribution in [1.29, 1.82) is 0 Å². The van der Waals surface area contributed by atoms with Crippen LogP contribution in [0, 0.1) is 0 Å². The minimum Gasteiger partial charge on any atom is -0.494 e. The Hall–Kier alpha value is -2.30. The van der Waals surface area contributed by atoms with Crippen molar-refractivity contribution in [1.82, 2.24) is 9.13 Å². The zero-order chi connectivity index (χ0) is 17.8. The van der Waals surface area contributed by atoms with Crippen molar-refractivity contribution < 1.29 is 5.11 Å². The highest BCUT2D eigenvalue weighted by Gasteiger charge is 2.23. The van der Waals surface area contributed by atoms with E-state index < -0.39 is 22.8 Å². The zero-order valence-electron chi connectivity index (χ0n) is 14.7. The fraction of sp³-hybridized carbons (Fsp3) is 0.444. The molecular formula is C18H26N2O3. The van der Waals surface area contributed by atoms with E-state index in [0.717, 1.165) is 16.2 Å². The summed E-state index contributed by atoms with van der Waals surface area (Å²) < 4.78 is 2.40. The summed E-state index contributed by atoms with van der Waals surface area (Å²) in [5.74, 6) is -0.330. The first-order valence-corrected chi connectivity index (χ1v) is 7.68. The largest absolute Gasteiger partial charge is 0.494 e. The van der Waals surface area contributed by atoms with Crippen molar-refractivity contribution >= 4 is 0 Å². The number of allylic oxidation sites excluding steroid dienone is 6. The molecule has 0 aliphatic heterocycles. The average Bonchev–Trinajstić information content (AvgIpc) is 2.40. The van der Waals surface area contributed by atoms with E-state index >= 15 is 0 Å². The van der Waals surface area contributed by atoms with Crippen molar-refractivity contribution in [2.45, 2.75) is 53.1 Å². The molecule has 0 saturated carbocycles. The molecule has 0 aromatic carbocycles. The summed E-state index contributed by atoms with van der Waals surface area (Å²) in [5.41, 5.74) is -0.849. The van der Waals surface area contributed by atoms with Crippen LogP contribution in [0.5, 0.6) is 5.88 Å². The van der Waals surface area contributed by atoms with Crippen molar-refractivity contribution in [3.63, 3.8) is 0 Å². The summed E-state index contributed by atoms with van der Waals surface area (Å²) in [4.78, 5) is 24.9. The first-order valence-electron chi connectivity index (χ1n) is 7.68. The minimum atomic E-state index is -0.670. The molecule has 0 fully saturated rings. The van der Waals surface area contributed by atoms with Crippen molar-refractivity contribution in [3.05, 3.63) is 62.9 Å². The minimum absolute atomic E-state index is 0.330. The number of hydrogen-bond donors (Lipinski definition) is 1. The lowest BCUT2D eigenvalue weighted by Crippen LogP contribution is -2.47. The van der Waals surface area contributed by atoms with Crippen LogP contribution in [-0.2, 0) is 5.54 Å². The van der Waals surface area contributed by atoms with Crippen LogP contribution < -0.4 is 11.2 Å². The molecule has 1 rings (SSSR count). The van der Waals surface area contributed by atoms with E-state index in [1.807, 2.05) is 51.2 Å². The molecular weight excluding hydrogens is 292 g/mol. The lowest BCUT2D eigenvalue weighted by molar-refractivity contribution is 0.322. The zero-order valence-corrected chi connectivity index (χ0v) is 14.7. The van der Waals surface area contributed by atoms with Gasteiger partial charge in [-0.15, -0.1) is 0 Å². The second kappa shape index (κ2) is 7.31. The van der Waals surface area contributed by atoms with E-state index in [-0.39, 0.29) is 5.88 Å². The van der Waals surface area contributed by atoms with Gasteiger partial charge in [0, 0.05) is 5.54 Å². The summed E-state index contributed by atoms with van der Waals surface area (Å²) in [6.07, 6.45) is 9.38. The van der Waals surface area contributed by atoms with E-state index in [9.17, 15) is 14.7 Å². The Morgan fingerprint density at radius 1 is 1.22 bits per heavy atom. The Morgan fingerprint density at radius 3 is 2.30 bits per heavy atom. The van der Waals surface area contributed by atoms with E-state index in [1.54, 1.807) is 20.8 Å². The molecule has 23 heavy (non-hydrogen) atoms. The van der Waals surface area contributed by atoms with Gasteiger partial charge in [0.2, 0.25) is 5.88 Å². The second-order valence-corrected chi connectivity index (χ2v) is 6.37. The normalized spacial score (nSPS) is 14.8. The Kier molecular flexibility index (Phi) is 5.96. The van der Waals surface area contributed by atoms with Gasteiger partial charge in [0.15, 0.2) is 0 Å². The Morgan fingerprint density at radius 2 is 1.83 bits per heavy atom. The summed E-state index contributed by atoms with van der Waals surface area (Å²) in [5, 5.41) is 10.2. The van der Waals surface area contributed by atoms with Crippen LogP contribution in [0.1, 0.15) is 47.6 Å². The Bertz CT molecular complexity index is 756. The van der Waals surface area contributed by atoms with Crippen molar-refractivity contribution in [3.8, 4) is 5.88 Å². The molecule has 1 atom stereocenters. The Labute approximate surface area is 136 Å². The topological polar surface area (TPSA) is 64.2 Å². The van der Waals surface area contributed by atoms with Crippen molar-refractivity contribution in [2.24, 2.45) is 0 Å². The van der Waals surface area contributed by atoms with E-state index in [0.29, 0.717) is 0 Å². The third kappa shape index (κ3) is 4.12. The predicted octanol–water partition coefficient (Wildman–Crippen LogP) is 3.11. The molecule has 0 aliphatic rings. The van der Waals surface area contributed by atoms with Crippen LogP contribution in [0.3, 0.4) is 0 Å². The standard InChI is InChI=1S/C18H26N2O3/c1-7-9-11-14(10-8-2)13(3)19-15(21)12-16(22)20(17(19)23)18(4,5)6/h7-13,21H,1-6H3. The van der Waals surface area contributed by atoms with Gasteiger partial charge in [0.05, 0.1) is 12.1 Å². The molecule has 126 valence electrons. The number of aromatic hydroxyl groups is 1. The molecule has 0 saturated heterocycles. The number of nitrogens with zero attached hydrogens (tertiary/aromatic N) is 2. The first kappa shape index (κ1) is 18.7. The van der Waals surface area contributed by atoms with E-state index in [2.05, 4.69) is 0 Å². The van der Waals surface area contributed by atoms with Gasteiger partial charge in [0.25, 0.3) is 5.56 Å². The first-order chi connectivity index (χ1) is 10.6. The molecule has 5 nitrogen and oxygen atoms in total. The Balaban J connectivity index is 3.66. The van der Waals surface area contributed by atoms with Crippen LogP contribution in [-0.4, -0.2) is 14.2 Å². The quantitative estimate of drug-likeness (QED) is 0.868.